The average Bonchev–Trinajstić information content (AvgIpc) is 3.52. The van der Waals surface area contributed by atoms with Crippen molar-refractivity contribution in [1.82, 2.24) is 0 Å². The van der Waals surface area contributed by atoms with Gasteiger partial charge in [0, 0.05) is 42.8 Å². The summed E-state index contributed by atoms with van der Waals surface area (Å²) in [6, 6.07) is 3.75. The Morgan fingerprint density at radius 3 is 2.57 bits per heavy atom. The van der Waals surface area contributed by atoms with Gasteiger partial charge in [0.25, 0.3) is 0 Å². The number of aliphatic hydroxyl groups is 1. The van der Waals surface area contributed by atoms with Crippen LogP contribution in [0.5, 0.6) is 11.5 Å². The fraction of sp³-hybridized carbons (Fsp3) is 0.793. The van der Waals surface area contributed by atoms with Crippen molar-refractivity contribution < 1.29 is 24.3 Å². The van der Waals surface area contributed by atoms with Crippen LogP contribution in [0.15, 0.2) is 12.1 Å². The van der Waals surface area contributed by atoms with E-state index in [0.717, 1.165) is 44.2 Å². The monoisotopic (exact) mass is 483 g/mol. The number of hydroxylamine groups is 3. The molecule has 1 aromatic carbocycles. The highest BCUT2D eigenvalue weighted by molar-refractivity contribution is 5.63. The van der Waals surface area contributed by atoms with E-state index in [-0.39, 0.29) is 44.7 Å². The van der Waals surface area contributed by atoms with E-state index in [9.17, 15) is 15.4 Å². The molecule has 0 amide bonds. The van der Waals surface area contributed by atoms with E-state index in [1.807, 2.05) is 13.0 Å². The van der Waals surface area contributed by atoms with Crippen molar-refractivity contribution in [2.75, 3.05) is 20.2 Å². The maximum Gasteiger partial charge on any atom is 0.165 e. The normalized spacial score (nSPS) is 46.7. The standard InChI is InChI=1S/C29H41NO5/c1-25(2,3)26(4,32)20-15-27-10-11-29(20,34-5)24-28(27)12-13-30(33,16-17-6-7-17)21(27)14-18-8-9-19(31)23(35-24)22(18)28/h8-9,17,20-21,24,31-32H,6-7,10-16H2,1-5H3/t20-,21-,24-,26?,27-,28+,29-,30?/m1/s1. The number of phenolic OH excluding ortho intramolecular Hbond substituents is 1. The number of hydrogen-bond donors (Lipinski definition) is 2. The molecule has 0 radical (unpaired) electrons. The van der Waals surface area contributed by atoms with Crippen LogP contribution in [0.4, 0.5) is 0 Å². The number of rotatable bonds is 4. The molecule has 8 rings (SSSR count). The molecule has 6 heteroatoms. The van der Waals surface area contributed by atoms with E-state index < -0.39 is 11.2 Å². The van der Waals surface area contributed by atoms with Gasteiger partial charge in [-0.25, -0.2) is 0 Å². The third kappa shape index (κ3) is 2.38. The molecule has 6 nitrogen and oxygen atoms in total. The summed E-state index contributed by atoms with van der Waals surface area (Å²) < 4.78 is 13.3. The number of phenols is 1. The highest BCUT2D eigenvalue weighted by Crippen LogP contribution is 2.78. The van der Waals surface area contributed by atoms with Crippen LogP contribution in [0.25, 0.3) is 0 Å². The molecular weight excluding hydrogens is 442 g/mol. The van der Waals surface area contributed by atoms with Gasteiger partial charge in [-0.05, 0) is 56.1 Å². The smallest absolute Gasteiger partial charge is 0.165 e. The first-order chi connectivity index (χ1) is 16.4. The van der Waals surface area contributed by atoms with Crippen LogP contribution in [0.1, 0.15) is 77.3 Å². The lowest BCUT2D eigenvalue weighted by molar-refractivity contribution is -0.926. The van der Waals surface area contributed by atoms with Crippen LogP contribution in [0, 0.1) is 27.9 Å². The molecule has 4 bridgehead atoms. The van der Waals surface area contributed by atoms with Crippen molar-refractivity contribution in [2.24, 2.45) is 22.7 Å². The number of fused-ring (bicyclic) bond motifs is 2. The van der Waals surface area contributed by atoms with Crippen molar-refractivity contribution in [2.45, 2.75) is 101 Å². The first kappa shape index (κ1) is 22.8. The van der Waals surface area contributed by atoms with E-state index in [1.165, 1.54) is 18.4 Å². The van der Waals surface area contributed by atoms with Gasteiger partial charge in [-0.1, -0.05) is 26.8 Å². The molecule has 2 unspecified atom stereocenters. The summed E-state index contributed by atoms with van der Waals surface area (Å²) in [7, 11) is 1.78. The van der Waals surface area contributed by atoms with Gasteiger partial charge < -0.3 is 29.5 Å². The first-order valence-electron chi connectivity index (χ1n) is 13.7. The fourth-order valence-corrected chi connectivity index (χ4v) is 9.87. The zero-order chi connectivity index (χ0) is 24.8. The van der Waals surface area contributed by atoms with Crippen molar-refractivity contribution in [1.29, 1.82) is 0 Å². The van der Waals surface area contributed by atoms with Gasteiger partial charge in [0.1, 0.15) is 11.7 Å². The minimum atomic E-state index is -1.01. The van der Waals surface area contributed by atoms with Crippen LogP contribution in [0.2, 0.25) is 0 Å². The number of aromatic hydroxyl groups is 1. The van der Waals surface area contributed by atoms with Crippen LogP contribution in [-0.2, 0) is 16.6 Å². The third-order valence-electron chi connectivity index (χ3n) is 12.1. The number of ether oxygens (including phenoxy) is 2. The number of methoxy groups -OCH3 is 1. The highest BCUT2D eigenvalue weighted by atomic mass is 16.6. The molecule has 5 aliphatic carbocycles. The first-order valence-corrected chi connectivity index (χ1v) is 13.7. The van der Waals surface area contributed by atoms with Gasteiger partial charge in [0.05, 0.1) is 30.1 Å². The number of piperidine rings is 1. The Hall–Kier alpha value is -1.34. The summed E-state index contributed by atoms with van der Waals surface area (Å²) in [6.45, 7) is 9.60. The fourth-order valence-electron chi connectivity index (χ4n) is 9.87. The zero-order valence-electron chi connectivity index (χ0n) is 21.9. The van der Waals surface area contributed by atoms with Crippen LogP contribution < -0.4 is 4.74 Å². The lowest BCUT2D eigenvalue weighted by Gasteiger charge is -2.77. The van der Waals surface area contributed by atoms with E-state index in [4.69, 9.17) is 9.47 Å². The lowest BCUT2D eigenvalue weighted by Crippen LogP contribution is -2.85. The Morgan fingerprint density at radius 1 is 1.17 bits per heavy atom. The van der Waals surface area contributed by atoms with Crippen molar-refractivity contribution in [3.05, 3.63) is 28.5 Å². The molecule has 35 heavy (non-hydrogen) atoms. The Bertz CT molecular complexity index is 1110. The summed E-state index contributed by atoms with van der Waals surface area (Å²) in [6.07, 6.45) is 6.03. The van der Waals surface area contributed by atoms with Crippen LogP contribution in [0.3, 0.4) is 0 Å². The minimum absolute atomic E-state index is 0.0423. The molecule has 2 heterocycles. The molecular formula is C29H41NO5. The lowest BCUT2D eigenvalue weighted by atomic mass is 9.33. The maximum absolute atomic E-state index is 14.8. The van der Waals surface area contributed by atoms with Crippen molar-refractivity contribution in [3.8, 4) is 11.5 Å². The second-order valence-corrected chi connectivity index (χ2v) is 14.2. The molecule has 0 aromatic heterocycles. The maximum atomic E-state index is 14.8. The number of nitrogens with zero attached hydrogens (tertiary/aromatic N) is 1. The second kappa shape index (κ2) is 6.38. The summed E-state index contributed by atoms with van der Waals surface area (Å²) >= 11 is 0. The van der Waals surface area contributed by atoms with E-state index in [0.29, 0.717) is 18.2 Å². The van der Waals surface area contributed by atoms with Gasteiger partial charge in [0.2, 0.25) is 0 Å². The SMILES string of the molecule is CO[C@]12CC[C@@]3(C[C@@H]1C(C)(O)C(C)(C)C)[C@H]1Cc4ccc(O)c5c4[C@@]3(CC[N+]1([O-])CC1CC1)[C@H]2O5. The zero-order valence-corrected chi connectivity index (χ0v) is 21.9. The number of quaternary nitrogens is 1. The predicted octanol–water partition coefficient (Wildman–Crippen LogP) is 4.43. The molecule has 2 aliphatic heterocycles. The number of hydrogen-bond acceptors (Lipinski definition) is 5. The minimum Gasteiger partial charge on any atom is -0.633 e. The summed E-state index contributed by atoms with van der Waals surface area (Å²) in [4.78, 5) is 0. The van der Waals surface area contributed by atoms with E-state index >= 15 is 0 Å². The highest BCUT2D eigenvalue weighted by Gasteiger charge is 2.84. The van der Waals surface area contributed by atoms with E-state index in [1.54, 1.807) is 13.2 Å². The molecule has 1 aromatic rings. The molecule has 2 N–H and O–H groups in total. The second-order valence-electron chi connectivity index (χ2n) is 14.2. The molecule has 192 valence electrons. The van der Waals surface area contributed by atoms with Crippen LogP contribution >= 0.6 is 0 Å². The van der Waals surface area contributed by atoms with Gasteiger partial charge in [-0.3, -0.25) is 0 Å². The molecule has 1 saturated heterocycles. The summed E-state index contributed by atoms with van der Waals surface area (Å²) in [5, 5.41) is 38.0. The van der Waals surface area contributed by atoms with Crippen molar-refractivity contribution >= 4 is 0 Å². The Labute approximate surface area is 208 Å². The van der Waals surface area contributed by atoms with Crippen molar-refractivity contribution in [3.63, 3.8) is 0 Å². The van der Waals surface area contributed by atoms with Gasteiger partial charge in [-0.2, -0.15) is 0 Å². The largest absolute Gasteiger partial charge is 0.633 e. The predicted molar refractivity (Wildman–Crippen MR) is 132 cm³/mol. The Morgan fingerprint density at radius 2 is 1.91 bits per heavy atom. The number of likely N-dealkylation sites (tertiary alicyclic amines) is 1. The molecule has 5 fully saturated rings. The molecule has 2 spiro atoms. The Kier molecular flexibility index (Phi) is 4.16. The molecule has 4 saturated carbocycles. The Balaban J connectivity index is 1.50. The summed E-state index contributed by atoms with van der Waals surface area (Å²) in [5.41, 5.74) is -0.317. The molecule has 8 atom stereocenters. The van der Waals surface area contributed by atoms with Crippen LogP contribution in [-0.4, -0.2) is 58.4 Å². The topological polar surface area (TPSA) is 82.0 Å². The van der Waals surface area contributed by atoms with Gasteiger partial charge in [0.15, 0.2) is 11.5 Å². The summed E-state index contributed by atoms with van der Waals surface area (Å²) in [5.74, 6) is 1.20. The van der Waals surface area contributed by atoms with Gasteiger partial charge >= 0.3 is 0 Å². The number of benzene rings is 1. The quantitative estimate of drug-likeness (QED) is 0.489. The average molecular weight is 484 g/mol. The van der Waals surface area contributed by atoms with Gasteiger partial charge in [-0.15, -0.1) is 0 Å². The van der Waals surface area contributed by atoms with E-state index in [2.05, 4.69) is 20.8 Å². The molecule has 7 aliphatic rings. The third-order valence-corrected chi connectivity index (χ3v) is 12.1.